The zero-order chi connectivity index (χ0) is 32.3. The molecular weight excluding hydrogens is 597 g/mol. The van der Waals surface area contributed by atoms with E-state index in [1.807, 2.05) is 6.07 Å². The van der Waals surface area contributed by atoms with E-state index in [1.54, 1.807) is 0 Å². The van der Waals surface area contributed by atoms with Crippen LogP contribution in [-0.2, 0) is 0 Å². The van der Waals surface area contributed by atoms with Gasteiger partial charge in [-0.25, -0.2) is 0 Å². The Morgan fingerprint density at radius 3 is 2.00 bits per heavy atom. The van der Waals surface area contributed by atoms with Gasteiger partial charge in [0.1, 0.15) is 22.3 Å². The maximum atomic E-state index is 6.70. The fraction of sp³-hybridized carbons (Fsp3) is 0.0638. The van der Waals surface area contributed by atoms with E-state index in [2.05, 4.69) is 159 Å². The molecule has 9 aromatic rings. The highest BCUT2D eigenvalue weighted by atomic mass is 16.3. The number of allylic oxidation sites excluding steroid dienone is 4. The molecule has 0 radical (unpaired) electrons. The summed E-state index contributed by atoms with van der Waals surface area (Å²) in [7, 11) is 0. The van der Waals surface area contributed by atoms with Crippen LogP contribution in [0.1, 0.15) is 18.1 Å². The van der Waals surface area contributed by atoms with Crippen molar-refractivity contribution in [1.82, 2.24) is 0 Å². The lowest BCUT2D eigenvalue weighted by Gasteiger charge is -2.42. The van der Waals surface area contributed by atoms with E-state index in [9.17, 15) is 0 Å². The Morgan fingerprint density at radius 1 is 0.510 bits per heavy atom. The summed E-state index contributed by atoms with van der Waals surface area (Å²) in [5, 5.41) is 12.0. The van der Waals surface area contributed by atoms with Crippen LogP contribution >= 0.6 is 0 Å². The fourth-order valence-corrected chi connectivity index (χ4v) is 9.05. The molecule has 0 aliphatic heterocycles. The Hall–Kier alpha value is -6.12. The van der Waals surface area contributed by atoms with Crippen molar-refractivity contribution in [3.05, 3.63) is 179 Å². The van der Waals surface area contributed by atoms with Crippen LogP contribution in [0.2, 0.25) is 0 Å². The van der Waals surface area contributed by atoms with Crippen LogP contribution in [0.5, 0.6) is 0 Å². The van der Waals surface area contributed by atoms with E-state index < -0.39 is 0 Å². The molecule has 2 aliphatic carbocycles. The SMILES string of the molecule is C[C@]12C=CC=CC1C(c1ccc3oc4c5ccccc5c5ccccc5c4c3c1)=c1ccccc1=C2c1cccc2c1oc1ccccc12. The third-order valence-electron chi connectivity index (χ3n) is 11.2. The van der Waals surface area contributed by atoms with Gasteiger partial charge in [-0.15, -0.1) is 0 Å². The minimum atomic E-state index is -0.317. The molecule has 0 bridgehead atoms. The van der Waals surface area contributed by atoms with E-state index in [0.717, 1.165) is 49.4 Å². The van der Waals surface area contributed by atoms with Crippen molar-refractivity contribution >= 4 is 76.6 Å². The van der Waals surface area contributed by atoms with E-state index in [1.165, 1.54) is 48.7 Å². The van der Waals surface area contributed by atoms with E-state index in [4.69, 9.17) is 8.83 Å². The number of benzene rings is 7. The molecule has 11 rings (SSSR count). The summed E-state index contributed by atoms with van der Waals surface area (Å²) < 4.78 is 13.4. The first-order valence-corrected chi connectivity index (χ1v) is 17.1. The second-order valence-corrected chi connectivity index (χ2v) is 13.7. The van der Waals surface area contributed by atoms with Gasteiger partial charge >= 0.3 is 0 Å². The van der Waals surface area contributed by atoms with Crippen LogP contribution < -0.4 is 10.4 Å². The second kappa shape index (κ2) is 9.71. The molecule has 2 atom stereocenters. The molecule has 0 fully saturated rings. The third kappa shape index (κ3) is 3.55. The molecule has 0 spiro atoms. The number of hydrogen-bond acceptors (Lipinski definition) is 2. The summed E-state index contributed by atoms with van der Waals surface area (Å²) in [6.45, 7) is 2.40. The van der Waals surface area contributed by atoms with Crippen LogP contribution in [0.4, 0.5) is 0 Å². The van der Waals surface area contributed by atoms with Gasteiger partial charge in [0.2, 0.25) is 0 Å². The molecule has 0 amide bonds. The first-order chi connectivity index (χ1) is 24.2. The molecule has 49 heavy (non-hydrogen) atoms. The Balaban J connectivity index is 1.27. The quantitative estimate of drug-likeness (QED) is 0.179. The van der Waals surface area contributed by atoms with Crippen molar-refractivity contribution in [2.75, 3.05) is 0 Å². The molecule has 0 saturated carbocycles. The van der Waals surface area contributed by atoms with Crippen LogP contribution in [0.15, 0.2) is 167 Å². The van der Waals surface area contributed by atoms with E-state index >= 15 is 0 Å². The van der Waals surface area contributed by atoms with Gasteiger partial charge in [0.15, 0.2) is 0 Å². The molecule has 7 aromatic carbocycles. The van der Waals surface area contributed by atoms with Crippen molar-refractivity contribution in [2.24, 2.45) is 11.3 Å². The van der Waals surface area contributed by atoms with Gasteiger partial charge in [-0.3, -0.25) is 0 Å². The summed E-state index contributed by atoms with van der Waals surface area (Å²) in [6.07, 6.45) is 9.22. The highest BCUT2D eigenvalue weighted by Gasteiger charge is 2.42. The first kappa shape index (κ1) is 26.9. The maximum Gasteiger partial charge on any atom is 0.143 e. The molecule has 0 N–H and O–H groups in total. The number of rotatable bonds is 2. The summed E-state index contributed by atoms with van der Waals surface area (Å²) in [5.74, 6) is 0.107. The predicted octanol–water partition coefficient (Wildman–Crippen LogP) is 11.0. The minimum Gasteiger partial charge on any atom is -0.455 e. The summed E-state index contributed by atoms with van der Waals surface area (Å²) in [6, 6.07) is 48.1. The average Bonchev–Trinajstić information content (AvgIpc) is 3.73. The maximum absolute atomic E-state index is 6.70. The normalized spacial score (nSPS) is 18.8. The topological polar surface area (TPSA) is 26.3 Å². The molecule has 2 heterocycles. The van der Waals surface area contributed by atoms with Gasteiger partial charge in [-0.1, -0.05) is 146 Å². The third-order valence-corrected chi connectivity index (χ3v) is 11.2. The summed E-state index contributed by atoms with van der Waals surface area (Å²) in [5.41, 5.74) is 8.43. The Kier molecular flexibility index (Phi) is 5.33. The highest BCUT2D eigenvalue weighted by molar-refractivity contribution is 6.30. The Labute approximate surface area is 282 Å². The van der Waals surface area contributed by atoms with Crippen LogP contribution in [-0.4, -0.2) is 0 Å². The summed E-state index contributed by atoms with van der Waals surface area (Å²) >= 11 is 0. The largest absolute Gasteiger partial charge is 0.455 e. The summed E-state index contributed by atoms with van der Waals surface area (Å²) in [4.78, 5) is 0. The van der Waals surface area contributed by atoms with Crippen LogP contribution in [0, 0.1) is 11.3 Å². The van der Waals surface area contributed by atoms with Gasteiger partial charge in [0.25, 0.3) is 0 Å². The molecule has 1 unspecified atom stereocenters. The van der Waals surface area contributed by atoms with Crippen molar-refractivity contribution in [2.45, 2.75) is 6.92 Å². The predicted molar refractivity (Wildman–Crippen MR) is 203 cm³/mol. The van der Waals surface area contributed by atoms with Crippen LogP contribution in [0.3, 0.4) is 0 Å². The van der Waals surface area contributed by atoms with Gasteiger partial charge in [-0.2, -0.15) is 0 Å². The molecular formula is C47H30O2. The second-order valence-electron chi connectivity index (χ2n) is 13.7. The van der Waals surface area contributed by atoms with Crippen molar-refractivity contribution in [1.29, 1.82) is 0 Å². The molecule has 230 valence electrons. The van der Waals surface area contributed by atoms with Gasteiger partial charge in [-0.05, 0) is 61.5 Å². The lowest BCUT2D eigenvalue weighted by Crippen LogP contribution is -2.45. The van der Waals surface area contributed by atoms with Crippen LogP contribution in [0.25, 0.3) is 76.6 Å². The van der Waals surface area contributed by atoms with E-state index in [-0.39, 0.29) is 11.3 Å². The molecule has 2 aromatic heterocycles. The highest BCUT2D eigenvalue weighted by Crippen LogP contribution is 2.52. The van der Waals surface area contributed by atoms with Crippen molar-refractivity contribution in [3.8, 4) is 0 Å². The standard InChI is InChI=1S/C47H30O2/c1-47-26-11-10-22-39(47)42(33-17-5-6-18-34(33)44(47)37-21-12-20-36-31-15-8-9-23-40(31)48-45(36)37)28-24-25-41-38(27-28)43-32-16-4-2-13-29(32)30-14-3-7-19-35(30)46(43)49-41/h2-27,39H,1H3/t39?,47-/m0/s1. The Bertz CT molecular complexity index is 3070. The Morgan fingerprint density at radius 2 is 1.14 bits per heavy atom. The lowest BCUT2D eigenvalue weighted by molar-refractivity contribution is 0.478. The molecule has 2 heteroatoms. The minimum absolute atomic E-state index is 0.107. The molecule has 2 aliphatic rings. The zero-order valence-electron chi connectivity index (χ0n) is 26.9. The number of furan rings is 2. The van der Waals surface area contributed by atoms with Gasteiger partial charge < -0.3 is 8.83 Å². The average molecular weight is 627 g/mol. The molecule has 2 nitrogen and oxygen atoms in total. The smallest absolute Gasteiger partial charge is 0.143 e. The zero-order valence-corrected chi connectivity index (χ0v) is 26.9. The lowest BCUT2D eigenvalue weighted by atomic mass is 9.60. The number of para-hydroxylation sites is 2. The van der Waals surface area contributed by atoms with Crippen molar-refractivity contribution in [3.63, 3.8) is 0 Å². The monoisotopic (exact) mass is 626 g/mol. The van der Waals surface area contributed by atoms with Gasteiger partial charge in [0, 0.05) is 43.8 Å². The number of hydrogen-bond donors (Lipinski definition) is 0. The molecule has 0 saturated heterocycles. The number of fused-ring (bicyclic) bond motifs is 13. The fourth-order valence-electron chi connectivity index (χ4n) is 9.05. The van der Waals surface area contributed by atoms with E-state index in [0.29, 0.717) is 0 Å². The first-order valence-electron chi connectivity index (χ1n) is 17.1. The van der Waals surface area contributed by atoms with Crippen molar-refractivity contribution < 1.29 is 8.83 Å². The van der Waals surface area contributed by atoms with Gasteiger partial charge in [0.05, 0.1) is 0 Å².